The van der Waals surface area contributed by atoms with Crippen molar-refractivity contribution in [2.45, 2.75) is 0 Å². The van der Waals surface area contributed by atoms with Gasteiger partial charge in [-0.2, -0.15) is 11.8 Å². The molecule has 0 aliphatic rings. The minimum atomic E-state index is 0. The quantitative estimate of drug-likeness (QED) is 0.188. The van der Waals surface area contributed by atoms with Gasteiger partial charge in [-0.15, -0.1) is 12.3 Å². The minimum Gasteiger partial charge on any atom is -0.334 e. The Balaban J connectivity index is 0. The average Bonchev–Trinajstić information content (AvgIpc) is 1.61. The third kappa shape index (κ3) is 10.8. The molecule has 0 aromatic rings. The summed E-state index contributed by atoms with van der Waals surface area (Å²) in [6.07, 6.45) is 1.88. The zero-order valence-corrected chi connectivity index (χ0v) is 5.63. The van der Waals surface area contributed by atoms with Crippen molar-refractivity contribution in [3.05, 3.63) is 19.6 Å². The zero-order chi connectivity index (χ0) is 4.83. The summed E-state index contributed by atoms with van der Waals surface area (Å²) in [6.45, 7) is 7.19. The van der Waals surface area contributed by atoms with Crippen LogP contribution in [-0.2, 0) is 0 Å². The summed E-state index contributed by atoms with van der Waals surface area (Å²) in [4.78, 5) is 0. The van der Waals surface area contributed by atoms with E-state index in [-0.39, 0.29) is 18.9 Å². The maximum Gasteiger partial charge on any atom is 1.00 e. The molecule has 0 spiro atoms. The van der Waals surface area contributed by atoms with Gasteiger partial charge >= 0.3 is 18.9 Å². The molecule has 0 aromatic heterocycles. The standard InChI is InChI=1S/C5H9S.Li/c1-3-5-6-4-2;/h3H,1-2,4-5H2;/q-1;+1. The van der Waals surface area contributed by atoms with Gasteiger partial charge in [0.1, 0.15) is 0 Å². The molecule has 0 heterocycles. The Hall–Kier alpha value is 0.687. The van der Waals surface area contributed by atoms with Crippen LogP contribution in [0.15, 0.2) is 12.7 Å². The Morgan fingerprint density at radius 1 is 1.71 bits per heavy atom. The largest absolute Gasteiger partial charge is 1.00 e. The molecule has 0 saturated heterocycles. The maximum atomic E-state index is 3.64. The van der Waals surface area contributed by atoms with Crippen molar-refractivity contribution in [3.8, 4) is 0 Å². The van der Waals surface area contributed by atoms with E-state index in [4.69, 9.17) is 0 Å². The van der Waals surface area contributed by atoms with Gasteiger partial charge in [-0.1, -0.05) is 6.08 Å². The molecule has 0 N–H and O–H groups in total. The summed E-state index contributed by atoms with van der Waals surface area (Å²) in [7, 11) is 0. The smallest absolute Gasteiger partial charge is 0.334 e. The molecule has 0 nitrogen and oxygen atoms in total. The monoisotopic (exact) mass is 108 g/mol. The van der Waals surface area contributed by atoms with Crippen LogP contribution in [0.4, 0.5) is 0 Å². The van der Waals surface area contributed by atoms with Crippen LogP contribution >= 0.6 is 11.8 Å². The molecule has 0 atom stereocenters. The molecule has 7 heavy (non-hydrogen) atoms. The van der Waals surface area contributed by atoms with E-state index in [0.717, 1.165) is 11.5 Å². The molecule has 0 aliphatic carbocycles. The summed E-state index contributed by atoms with van der Waals surface area (Å²) in [5.74, 6) is 1.98. The van der Waals surface area contributed by atoms with E-state index in [1.165, 1.54) is 0 Å². The Bertz CT molecular complexity index is 37.1. The first-order valence-corrected chi connectivity index (χ1v) is 3.05. The average molecular weight is 108 g/mol. The van der Waals surface area contributed by atoms with Crippen molar-refractivity contribution < 1.29 is 18.9 Å². The summed E-state index contributed by atoms with van der Waals surface area (Å²) in [5.41, 5.74) is 0. The van der Waals surface area contributed by atoms with Crippen LogP contribution in [0.3, 0.4) is 0 Å². The van der Waals surface area contributed by atoms with E-state index in [0.29, 0.717) is 0 Å². The molecule has 0 saturated carbocycles. The Labute approximate surface area is 61.9 Å². The van der Waals surface area contributed by atoms with E-state index in [2.05, 4.69) is 13.5 Å². The molecular weight excluding hydrogens is 99.1 g/mol. The van der Waals surface area contributed by atoms with Crippen molar-refractivity contribution in [1.29, 1.82) is 0 Å². The summed E-state index contributed by atoms with van der Waals surface area (Å²) < 4.78 is 0. The van der Waals surface area contributed by atoms with Gasteiger partial charge in [0, 0.05) is 5.75 Å². The van der Waals surface area contributed by atoms with Crippen molar-refractivity contribution in [2.24, 2.45) is 0 Å². The van der Waals surface area contributed by atoms with E-state index in [1.54, 1.807) is 11.8 Å². The van der Waals surface area contributed by atoms with Gasteiger partial charge in [0.05, 0.1) is 0 Å². The van der Waals surface area contributed by atoms with E-state index in [1.807, 2.05) is 6.08 Å². The molecule has 0 radical (unpaired) electrons. The van der Waals surface area contributed by atoms with Crippen LogP contribution < -0.4 is 18.9 Å². The third-order valence-electron chi connectivity index (χ3n) is 0.380. The van der Waals surface area contributed by atoms with E-state index in [9.17, 15) is 0 Å². The number of hydrogen-bond acceptors (Lipinski definition) is 1. The van der Waals surface area contributed by atoms with E-state index < -0.39 is 0 Å². The molecule has 0 fully saturated rings. The van der Waals surface area contributed by atoms with Gasteiger partial charge in [-0.3, -0.25) is 0 Å². The first-order chi connectivity index (χ1) is 2.91. The van der Waals surface area contributed by atoms with Crippen LogP contribution in [0.25, 0.3) is 0 Å². The molecule has 0 unspecified atom stereocenters. The SMILES string of the molecule is C=CCSC[CH2-].[Li+]. The van der Waals surface area contributed by atoms with Gasteiger partial charge < -0.3 is 6.92 Å². The van der Waals surface area contributed by atoms with Crippen molar-refractivity contribution in [2.75, 3.05) is 11.5 Å². The molecule has 2 heteroatoms. The fourth-order valence-corrected chi connectivity index (χ4v) is 0.500. The van der Waals surface area contributed by atoms with Gasteiger partial charge in [0.15, 0.2) is 0 Å². The summed E-state index contributed by atoms with van der Waals surface area (Å²) in [5, 5.41) is 0. The van der Waals surface area contributed by atoms with Gasteiger partial charge in [-0.05, 0) is 0 Å². The molecule has 0 rings (SSSR count). The van der Waals surface area contributed by atoms with Crippen molar-refractivity contribution >= 4 is 11.8 Å². The molecule has 0 aromatic carbocycles. The Morgan fingerprint density at radius 2 is 2.29 bits per heavy atom. The van der Waals surface area contributed by atoms with Crippen LogP contribution in [0.1, 0.15) is 0 Å². The first kappa shape index (κ1) is 10.6. The number of hydrogen-bond donors (Lipinski definition) is 0. The van der Waals surface area contributed by atoms with Crippen LogP contribution in [-0.4, -0.2) is 11.5 Å². The van der Waals surface area contributed by atoms with Crippen molar-refractivity contribution in [1.82, 2.24) is 0 Å². The molecular formula is C5H9LiS. The van der Waals surface area contributed by atoms with Crippen LogP contribution in [0.5, 0.6) is 0 Å². The third-order valence-corrected chi connectivity index (χ3v) is 1.14. The molecule has 0 amide bonds. The predicted molar refractivity (Wildman–Crippen MR) is 32.9 cm³/mol. The van der Waals surface area contributed by atoms with Crippen LogP contribution in [0.2, 0.25) is 0 Å². The second-order valence-corrected chi connectivity index (χ2v) is 2.01. The first-order valence-electron chi connectivity index (χ1n) is 1.89. The summed E-state index contributed by atoms with van der Waals surface area (Å²) >= 11 is 1.78. The fourth-order valence-electron chi connectivity index (χ4n) is 0.167. The molecule has 36 valence electrons. The Morgan fingerprint density at radius 3 is 2.43 bits per heavy atom. The fraction of sp³-hybridized carbons (Fsp3) is 0.400. The van der Waals surface area contributed by atoms with Gasteiger partial charge in [-0.25, -0.2) is 0 Å². The van der Waals surface area contributed by atoms with Crippen LogP contribution in [0, 0.1) is 6.92 Å². The maximum absolute atomic E-state index is 3.64. The van der Waals surface area contributed by atoms with Crippen molar-refractivity contribution in [3.63, 3.8) is 0 Å². The second-order valence-electron chi connectivity index (χ2n) is 0.864. The number of thioether (sulfide) groups is 1. The van der Waals surface area contributed by atoms with E-state index >= 15 is 0 Å². The van der Waals surface area contributed by atoms with Gasteiger partial charge in [0.25, 0.3) is 0 Å². The minimum absolute atomic E-state index is 0. The molecule has 0 bridgehead atoms. The predicted octanol–water partition coefficient (Wildman–Crippen LogP) is -1.26. The Kier molecular flexibility index (Phi) is 14.9. The zero-order valence-electron chi connectivity index (χ0n) is 4.81. The number of rotatable bonds is 3. The second kappa shape index (κ2) is 9.85. The van der Waals surface area contributed by atoms with Gasteiger partial charge in [0.2, 0.25) is 0 Å². The topological polar surface area (TPSA) is 0 Å². The summed E-state index contributed by atoms with van der Waals surface area (Å²) in [6, 6.07) is 0. The normalized spacial score (nSPS) is 7.00. The molecule has 0 aliphatic heterocycles.